The zero-order chi connectivity index (χ0) is 27.5. The minimum absolute atomic E-state index is 0.169. The molecular formula is C29H26N6O4. The topological polar surface area (TPSA) is 120 Å². The standard InChI is InChI=1S/C29H26N6O4/c1-4-27(37)33-25-14-22(7-9-26(25)39-12-11-30-18(2)36)35-28(38)10-6-20-15-31-24-8-5-19(13-23(24)29(20)35)21-16-32-34(3)17-21/h4-10,13-17H,1,11-12H2,2-3H3,(H,30,36)(H,33,37). The molecule has 10 heteroatoms. The van der Waals surface area contributed by atoms with Crippen molar-refractivity contribution in [1.29, 1.82) is 0 Å². The van der Waals surface area contributed by atoms with Gasteiger partial charge in [-0.3, -0.25) is 28.6 Å². The quantitative estimate of drug-likeness (QED) is 0.183. The van der Waals surface area contributed by atoms with Crippen LogP contribution in [0.15, 0.2) is 84.6 Å². The summed E-state index contributed by atoms with van der Waals surface area (Å²) in [6.07, 6.45) is 6.59. The second kappa shape index (κ2) is 10.6. The number of rotatable bonds is 8. The summed E-state index contributed by atoms with van der Waals surface area (Å²) in [5.41, 5.74) is 3.93. The second-order valence-corrected chi connectivity index (χ2v) is 8.91. The van der Waals surface area contributed by atoms with E-state index in [1.807, 2.05) is 31.4 Å². The molecule has 0 spiro atoms. The summed E-state index contributed by atoms with van der Waals surface area (Å²) in [6.45, 7) is 5.43. The van der Waals surface area contributed by atoms with Gasteiger partial charge in [-0.15, -0.1) is 0 Å². The van der Waals surface area contributed by atoms with Gasteiger partial charge < -0.3 is 15.4 Å². The van der Waals surface area contributed by atoms with Crippen molar-refractivity contribution >= 4 is 39.3 Å². The van der Waals surface area contributed by atoms with E-state index in [9.17, 15) is 14.4 Å². The molecule has 2 amide bonds. The molecule has 0 saturated heterocycles. The largest absolute Gasteiger partial charge is 0.490 e. The maximum atomic E-state index is 13.3. The van der Waals surface area contributed by atoms with Crippen molar-refractivity contribution in [2.24, 2.45) is 7.05 Å². The Bertz CT molecular complexity index is 1800. The maximum Gasteiger partial charge on any atom is 0.255 e. The molecule has 0 saturated carbocycles. The predicted molar refractivity (Wildman–Crippen MR) is 150 cm³/mol. The van der Waals surface area contributed by atoms with Gasteiger partial charge in [-0.1, -0.05) is 12.6 Å². The van der Waals surface area contributed by atoms with Gasteiger partial charge in [0.05, 0.1) is 35.1 Å². The highest BCUT2D eigenvalue weighted by Crippen LogP contribution is 2.32. The molecular weight excluding hydrogens is 496 g/mol. The fourth-order valence-corrected chi connectivity index (χ4v) is 4.37. The third kappa shape index (κ3) is 5.26. The first kappa shape index (κ1) is 25.4. The molecule has 5 rings (SSSR count). The third-order valence-corrected chi connectivity index (χ3v) is 6.15. The summed E-state index contributed by atoms with van der Waals surface area (Å²) in [6, 6.07) is 14.2. The van der Waals surface area contributed by atoms with Crippen molar-refractivity contribution in [3.8, 4) is 22.6 Å². The number of nitrogens with one attached hydrogen (secondary N) is 2. The van der Waals surface area contributed by atoms with Crippen molar-refractivity contribution in [2.45, 2.75) is 6.92 Å². The molecule has 0 aliphatic heterocycles. The molecule has 0 bridgehead atoms. The monoisotopic (exact) mass is 522 g/mol. The maximum absolute atomic E-state index is 13.3. The fourth-order valence-electron chi connectivity index (χ4n) is 4.37. The van der Waals surface area contributed by atoms with Crippen LogP contribution in [0, 0.1) is 0 Å². The first-order valence-corrected chi connectivity index (χ1v) is 12.2. The summed E-state index contributed by atoms with van der Waals surface area (Å²) in [5, 5.41) is 11.3. The van der Waals surface area contributed by atoms with Gasteiger partial charge in [0.1, 0.15) is 12.4 Å². The number of hydrogen-bond donors (Lipinski definition) is 2. The van der Waals surface area contributed by atoms with Gasteiger partial charge in [-0.05, 0) is 48.0 Å². The molecule has 0 unspecified atom stereocenters. The van der Waals surface area contributed by atoms with Crippen molar-refractivity contribution in [3.05, 3.63) is 90.1 Å². The fraction of sp³-hybridized carbons (Fsp3) is 0.138. The minimum Gasteiger partial charge on any atom is -0.490 e. The highest BCUT2D eigenvalue weighted by atomic mass is 16.5. The zero-order valence-electron chi connectivity index (χ0n) is 21.5. The molecule has 0 aliphatic rings. The van der Waals surface area contributed by atoms with Crippen molar-refractivity contribution in [2.75, 3.05) is 18.5 Å². The van der Waals surface area contributed by atoms with E-state index in [2.05, 4.69) is 27.3 Å². The molecule has 0 fully saturated rings. The number of carbonyl (C=O) groups excluding carboxylic acids is 2. The van der Waals surface area contributed by atoms with Gasteiger partial charge in [0.2, 0.25) is 11.8 Å². The Morgan fingerprint density at radius 2 is 1.92 bits per heavy atom. The summed E-state index contributed by atoms with van der Waals surface area (Å²) in [5.74, 6) is -0.212. The summed E-state index contributed by atoms with van der Waals surface area (Å²) >= 11 is 0. The van der Waals surface area contributed by atoms with Crippen LogP contribution in [-0.2, 0) is 16.6 Å². The van der Waals surface area contributed by atoms with Crippen LogP contribution in [0.4, 0.5) is 5.69 Å². The molecule has 3 aromatic heterocycles. The number of nitrogens with zero attached hydrogens (tertiary/aromatic N) is 4. The lowest BCUT2D eigenvalue weighted by atomic mass is 10.0. The van der Waals surface area contributed by atoms with Gasteiger partial charge in [-0.25, -0.2) is 0 Å². The number of hydrogen-bond acceptors (Lipinski definition) is 6. The van der Waals surface area contributed by atoms with Crippen molar-refractivity contribution in [1.82, 2.24) is 24.6 Å². The lowest BCUT2D eigenvalue weighted by molar-refractivity contribution is -0.119. The molecule has 0 radical (unpaired) electrons. The third-order valence-electron chi connectivity index (χ3n) is 6.15. The number of aromatic nitrogens is 4. The number of aryl methyl sites for hydroxylation is 1. The van der Waals surface area contributed by atoms with Crippen LogP contribution >= 0.6 is 0 Å². The first-order valence-electron chi connectivity index (χ1n) is 12.2. The number of carbonyl (C=O) groups is 2. The average molecular weight is 523 g/mol. The van der Waals surface area contributed by atoms with E-state index in [0.29, 0.717) is 29.2 Å². The average Bonchev–Trinajstić information content (AvgIpc) is 3.37. The Hall–Kier alpha value is -5.25. The molecule has 5 aromatic rings. The van der Waals surface area contributed by atoms with Crippen LogP contribution in [0.1, 0.15) is 6.92 Å². The molecule has 2 aromatic carbocycles. The van der Waals surface area contributed by atoms with E-state index >= 15 is 0 Å². The highest BCUT2D eigenvalue weighted by Gasteiger charge is 2.15. The Morgan fingerprint density at radius 3 is 2.67 bits per heavy atom. The Balaban J connectivity index is 1.67. The first-order chi connectivity index (χ1) is 18.8. The predicted octanol–water partition coefficient (Wildman–Crippen LogP) is 3.58. The lowest BCUT2D eigenvalue weighted by Crippen LogP contribution is -2.25. The Labute approximate surface area is 223 Å². The van der Waals surface area contributed by atoms with Gasteiger partial charge in [0.25, 0.3) is 5.56 Å². The van der Waals surface area contributed by atoms with E-state index in [0.717, 1.165) is 33.5 Å². The Morgan fingerprint density at radius 1 is 1.08 bits per heavy atom. The van der Waals surface area contributed by atoms with Crippen LogP contribution in [0.3, 0.4) is 0 Å². The molecule has 2 N–H and O–H groups in total. The van der Waals surface area contributed by atoms with Crippen LogP contribution in [0.5, 0.6) is 5.75 Å². The summed E-state index contributed by atoms with van der Waals surface area (Å²) < 4.78 is 9.14. The lowest BCUT2D eigenvalue weighted by Gasteiger charge is -2.17. The van der Waals surface area contributed by atoms with Gasteiger partial charge in [0, 0.05) is 48.8 Å². The van der Waals surface area contributed by atoms with E-state index in [1.54, 1.807) is 45.9 Å². The highest BCUT2D eigenvalue weighted by molar-refractivity contribution is 6.05. The number of ether oxygens (including phenoxy) is 1. The number of benzene rings is 2. The molecule has 196 valence electrons. The van der Waals surface area contributed by atoms with E-state index < -0.39 is 5.91 Å². The van der Waals surface area contributed by atoms with E-state index in [-0.39, 0.29) is 18.1 Å². The minimum atomic E-state index is -0.431. The zero-order valence-corrected chi connectivity index (χ0v) is 21.5. The van der Waals surface area contributed by atoms with Crippen molar-refractivity contribution in [3.63, 3.8) is 0 Å². The number of amides is 2. The summed E-state index contributed by atoms with van der Waals surface area (Å²) in [4.78, 5) is 41.3. The van der Waals surface area contributed by atoms with Gasteiger partial charge >= 0.3 is 0 Å². The Kier molecular flexibility index (Phi) is 6.92. The number of fused-ring (bicyclic) bond motifs is 3. The molecule has 39 heavy (non-hydrogen) atoms. The summed E-state index contributed by atoms with van der Waals surface area (Å²) in [7, 11) is 1.86. The molecule has 10 nitrogen and oxygen atoms in total. The SMILES string of the molecule is C=CC(=O)Nc1cc(-n2c(=O)ccc3cnc4ccc(-c5cnn(C)c5)cc4c32)ccc1OCCNC(C)=O. The van der Waals surface area contributed by atoms with E-state index in [4.69, 9.17) is 4.74 Å². The smallest absolute Gasteiger partial charge is 0.255 e. The number of anilines is 1. The van der Waals surface area contributed by atoms with Gasteiger partial charge in [-0.2, -0.15) is 5.10 Å². The number of pyridine rings is 2. The second-order valence-electron chi connectivity index (χ2n) is 8.91. The van der Waals surface area contributed by atoms with Crippen molar-refractivity contribution < 1.29 is 14.3 Å². The van der Waals surface area contributed by atoms with E-state index in [1.165, 1.54) is 13.0 Å². The van der Waals surface area contributed by atoms with Crippen LogP contribution in [-0.4, -0.2) is 44.3 Å². The van der Waals surface area contributed by atoms with Crippen LogP contribution < -0.4 is 20.9 Å². The van der Waals surface area contributed by atoms with Gasteiger partial charge in [0.15, 0.2) is 0 Å². The van der Waals surface area contributed by atoms with Crippen LogP contribution in [0.2, 0.25) is 0 Å². The molecule has 3 heterocycles. The normalized spacial score (nSPS) is 10.9. The molecule has 0 atom stereocenters. The van der Waals surface area contributed by atoms with Crippen LogP contribution in [0.25, 0.3) is 38.6 Å². The molecule has 0 aliphatic carbocycles.